The van der Waals surface area contributed by atoms with Gasteiger partial charge in [0.25, 0.3) is 17.4 Å². The van der Waals surface area contributed by atoms with Crippen molar-refractivity contribution in [1.82, 2.24) is 19.4 Å². The summed E-state index contributed by atoms with van der Waals surface area (Å²) in [5.41, 5.74) is 7.20. The molecule has 1 atom stereocenters. The molecular formula is C17H15N5O4. The Morgan fingerprint density at radius 3 is 2.62 bits per heavy atom. The first-order valence-corrected chi connectivity index (χ1v) is 7.85. The Balaban J connectivity index is 1.97. The number of amides is 2. The number of hydrogen-bond donors (Lipinski definition) is 3. The summed E-state index contributed by atoms with van der Waals surface area (Å²) in [7, 11) is 1.78. The maximum absolute atomic E-state index is 12.5. The number of anilines is 1. The number of rotatable bonds is 2. The highest BCUT2D eigenvalue weighted by atomic mass is 16.3. The van der Waals surface area contributed by atoms with Gasteiger partial charge >= 0.3 is 0 Å². The standard InChI is InChI=1S/C17H15N5O4/c1-7(23)15-19-10-5-8(3-4-11(10)21(15)2)22-12(24)6-9-13(14(22)18)17(26)20-16(9)25/h3-7,23H,18H2,1-2H3,(H,20,25,26). The number of pyridine rings is 1. The lowest BCUT2D eigenvalue weighted by Gasteiger charge is -2.11. The minimum absolute atomic E-state index is 0.0135. The van der Waals surface area contributed by atoms with Crippen LogP contribution >= 0.6 is 0 Å². The fourth-order valence-electron chi connectivity index (χ4n) is 3.27. The number of carbonyl (C=O) groups is 2. The third-order valence-electron chi connectivity index (χ3n) is 4.48. The molecule has 1 unspecified atom stereocenters. The summed E-state index contributed by atoms with van der Waals surface area (Å²) in [6, 6.07) is 6.14. The second-order valence-electron chi connectivity index (χ2n) is 6.15. The number of nitrogens with one attached hydrogen (secondary N) is 1. The summed E-state index contributed by atoms with van der Waals surface area (Å²) in [6.45, 7) is 1.61. The number of aromatic nitrogens is 3. The van der Waals surface area contributed by atoms with Gasteiger partial charge in [-0.05, 0) is 25.1 Å². The SMILES string of the molecule is CC(O)c1nc2cc(-n3c(N)c4c(cc3=O)C(=O)NC4=O)ccc2n1C. The van der Waals surface area contributed by atoms with Gasteiger partial charge in [0, 0.05) is 13.1 Å². The molecular weight excluding hydrogens is 338 g/mol. The number of carbonyl (C=O) groups excluding carboxylic acids is 2. The van der Waals surface area contributed by atoms with E-state index in [1.807, 2.05) is 0 Å². The second-order valence-corrected chi connectivity index (χ2v) is 6.15. The number of aliphatic hydroxyl groups excluding tert-OH is 1. The Kier molecular flexibility index (Phi) is 3.25. The van der Waals surface area contributed by atoms with Crippen molar-refractivity contribution in [3.63, 3.8) is 0 Å². The Morgan fingerprint density at radius 1 is 1.19 bits per heavy atom. The number of nitrogen functional groups attached to an aromatic ring is 1. The summed E-state index contributed by atoms with van der Waals surface area (Å²) < 4.78 is 2.91. The van der Waals surface area contributed by atoms with Gasteiger partial charge in [0.1, 0.15) is 17.7 Å². The van der Waals surface area contributed by atoms with Gasteiger partial charge in [-0.1, -0.05) is 0 Å². The fraction of sp³-hybridized carbons (Fsp3) is 0.176. The first kappa shape index (κ1) is 16.0. The summed E-state index contributed by atoms with van der Waals surface area (Å²) in [5.74, 6) is -0.896. The maximum atomic E-state index is 12.5. The molecule has 0 bridgehead atoms. The average molecular weight is 353 g/mol. The number of fused-ring (bicyclic) bond motifs is 2. The third kappa shape index (κ3) is 2.07. The van der Waals surface area contributed by atoms with Gasteiger partial charge in [-0.2, -0.15) is 0 Å². The van der Waals surface area contributed by atoms with E-state index in [1.165, 1.54) is 0 Å². The minimum atomic E-state index is -0.752. The number of aliphatic hydroxyl groups is 1. The van der Waals surface area contributed by atoms with Crippen LogP contribution in [0.4, 0.5) is 5.82 Å². The monoisotopic (exact) mass is 353 g/mol. The van der Waals surface area contributed by atoms with E-state index in [4.69, 9.17) is 5.73 Å². The predicted octanol–water partition coefficient (Wildman–Crippen LogP) is 0.243. The second kappa shape index (κ2) is 5.27. The van der Waals surface area contributed by atoms with Crippen LogP contribution in [-0.4, -0.2) is 31.0 Å². The molecule has 26 heavy (non-hydrogen) atoms. The molecule has 2 aromatic heterocycles. The van der Waals surface area contributed by atoms with E-state index in [-0.39, 0.29) is 16.9 Å². The Morgan fingerprint density at radius 2 is 1.92 bits per heavy atom. The lowest BCUT2D eigenvalue weighted by Crippen LogP contribution is -2.24. The van der Waals surface area contributed by atoms with Crippen molar-refractivity contribution in [1.29, 1.82) is 0 Å². The van der Waals surface area contributed by atoms with E-state index in [0.29, 0.717) is 17.0 Å². The van der Waals surface area contributed by atoms with Gasteiger partial charge in [0.2, 0.25) is 0 Å². The summed E-state index contributed by atoms with van der Waals surface area (Å²) in [4.78, 5) is 40.6. The van der Waals surface area contributed by atoms with Gasteiger partial charge in [-0.3, -0.25) is 24.3 Å². The highest BCUT2D eigenvalue weighted by Crippen LogP contribution is 2.26. The molecule has 1 aromatic carbocycles. The van der Waals surface area contributed by atoms with Crippen molar-refractivity contribution in [3.05, 3.63) is 51.6 Å². The molecule has 2 amide bonds. The predicted molar refractivity (Wildman–Crippen MR) is 93.2 cm³/mol. The Hall–Kier alpha value is -3.46. The number of imide groups is 1. The topological polar surface area (TPSA) is 132 Å². The van der Waals surface area contributed by atoms with E-state index < -0.39 is 23.5 Å². The lowest BCUT2D eigenvalue weighted by atomic mass is 10.1. The van der Waals surface area contributed by atoms with Crippen LogP contribution in [0.25, 0.3) is 16.7 Å². The van der Waals surface area contributed by atoms with E-state index in [2.05, 4.69) is 10.3 Å². The average Bonchev–Trinajstić information content (AvgIpc) is 3.04. The molecule has 0 fully saturated rings. The van der Waals surface area contributed by atoms with Gasteiger partial charge in [0.05, 0.1) is 27.8 Å². The fourth-order valence-corrected chi connectivity index (χ4v) is 3.27. The molecule has 0 saturated heterocycles. The molecule has 0 saturated carbocycles. The van der Waals surface area contributed by atoms with Crippen LogP contribution in [0.15, 0.2) is 29.1 Å². The lowest BCUT2D eigenvalue weighted by molar-refractivity contribution is 0.0880. The highest BCUT2D eigenvalue weighted by Gasteiger charge is 2.31. The zero-order chi connectivity index (χ0) is 18.7. The zero-order valence-electron chi connectivity index (χ0n) is 14.0. The summed E-state index contributed by atoms with van der Waals surface area (Å²) >= 11 is 0. The molecule has 1 aliphatic rings. The molecule has 0 aliphatic carbocycles. The Bertz CT molecular complexity index is 1170. The van der Waals surface area contributed by atoms with Crippen LogP contribution in [0, 0.1) is 0 Å². The summed E-state index contributed by atoms with van der Waals surface area (Å²) in [5, 5.41) is 11.9. The van der Waals surface area contributed by atoms with Crippen molar-refractivity contribution in [3.8, 4) is 5.69 Å². The molecule has 0 spiro atoms. The number of nitrogens with two attached hydrogens (primary N) is 1. The number of benzene rings is 1. The number of hydrogen-bond acceptors (Lipinski definition) is 6. The molecule has 3 heterocycles. The van der Waals surface area contributed by atoms with Crippen LogP contribution in [-0.2, 0) is 7.05 Å². The molecule has 132 valence electrons. The van der Waals surface area contributed by atoms with Crippen LogP contribution < -0.4 is 16.6 Å². The highest BCUT2D eigenvalue weighted by molar-refractivity contribution is 6.23. The van der Waals surface area contributed by atoms with Crippen molar-refractivity contribution >= 4 is 28.7 Å². The van der Waals surface area contributed by atoms with E-state index in [0.717, 1.165) is 16.2 Å². The van der Waals surface area contributed by atoms with Crippen molar-refractivity contribution in [2.75, 3.05) is 5.73 Å². The normalized spacial score (nSPS) is 14.6. The summed E-state index contributed by atoms with van der Waals surface area (Å²) in [6.07, 6.45) is -0.752. The molecule has 9 heteroatoms. The molecule has 1 aliphatic heterocycles. The van der Waals surface area contributed by atoms with Gasteiger partial charge < -0.3 is 15.4 Å². The van der Waals surface area contributed by atoms with E-state index >= 15 is 0 Å². The van der Waals surface area contributed by atoms with Crippen LogP contribution in [0.3, 0.4) is 0 Å². The van der Waals surface area contributed by atoms with E-state index in [1.54, 1.807) is 36.7 Å². The Labute approximate surface area is 146 Å². The van der Waals surface area contributed by atoms with Gasteiger partial charge in [-0.15, -0.1) is 0 Å². The molecule has 9 nitrogen and oxygen atoms in total. The van der Waals surface area contributed by atoms with Crippen LogP contribution in [0.1, 0.15) is 39.6 Å². The largest absolute Gasteiger partial charge is 0.385 e. The maximum Gasteiger partial charge on any atom is 0.262 e. The quantitative estimate of drug-likeness (QED) is 0.566. The number of aryl methyl sites for hydroxylation is 1. The first-order valence-electron chi connectivity index (χ1n) is 7.85. The minimum Gasteiger partial charge on any atom is -0.385 e. The molecule has 0 radical (unpaired) electrons. The van der Waals surface area contributed by atoms with Crippen LogP contribution in [0.2, 0.25) is 0 Å². The molecule has 3 aromatic rings. The third-order valence-corrected chi connectivity index (χ3v) is 4.48. The van der Waals surface area contributed by atoms with Gasteiger partial charge in [-0.25, -0.2) is 4.98 Å². The zero-order valence-corrected chi connectivity index (χ0v) is 14.0. The van der Waals surface area contributed by atoms with Crippen molar-refractivity contribution in [2.24, 2.45) is 7.05 Å². The number of nitrogens with zero attached hydrogens (tertiary/aromatic N) is 3. The van der Waals surface area contributed by atoms with E-state index in [9.17, 15) is 19.5 Å². The molecule has 4 rings (SSSR count). The van der Waals surface area contributed by atoms with Crippen molar-refractivity contribution < 1.29 is 14.7 Å². The number of imidazole rings is 1. The van der Waals surface area contributed by atoms with Gasteiger partial charge in [0.15, 0.2) is 0 Å². The van der Waals surface area contributed by atoms with Crippen LogP contribution in [0.5, 0.6) is 0 Å². The van der Waals surface area contributed by atoms with Crippen molar-refractivity contribution in [2.45, 2.75) is 13.0 Å². The molecule has 4 N–H and O–H groups in total. The first-order chi connectivity index (χ1) is 12.3. The smallest absolute Gasteiger partial charge is 0.262 e.